The maximum Gasteiger partial charge on any atom is 0.319 e. The van der Waals surface area contributed by atoms with Crippen LogP contribution in [-0.2, 0) is 10.0 Å². The van der Waals surface area contributed by atoms with Gasteiger partial charge < -0.3 is 9.47 Å². The van der Waals surface area contributed by atoms with E-state index in [-0.39, 0.29) is 17.0 Å². The van der Waals surface area contributed by atoms with Crippen molar-refractivity contribution in [2.24, 2.45) is 0 Å². The predicted octanol–water partition coefficient (Wildman–Crippen LogP) is 1.06. The number of hydrogen-bond acceptors (Lipinski definition) is 7. The summed E-state index contributed by atoms with van der Waals surface area (Å²) in [6.07, 6.45) is 2.63. The van der Waals surface area contributed by atoms with Crippen LogP contribution in [0.3, 0.4) is 0 Å². The lowest BCUT2D eigenvalue weighted by molar-refractivity contribution is 0.128. The van der Waals surface area contributed by atoms with Gasteiger partial charge in [-0.25, -0.2) is 13.4 Å². The maximum absolute atomic E-state index is 12.8. The number of H-pyrrole nitrogens is 1. The molecule has 3 rings (SSSR count). The van der Waals surface area contributed by atoms with Crippen molar-refractivity contribution in [3.05, 3.63) is 23.7 Å². The van der Waals surface area contributed by atoms with Crippen LogP contribution in [-0.4, -0.2) is 59.2 Å². The number of aromatic amines is 1. The SMILES string of the molecule is COc1nccc(OC2CCN(S(=O)(=O)c3c(C)n[nH]c3C)CC2)n1. The van der Waals surface area contributed by atoms with Crippen molar-refractivity contribution in [2.75, 3.05) is 20.2 Å². The molecular formula is C15H21N5O4S. The number of aryl methyl sites for hydroxylation is 2. The van der Waals surface area contributed by atoms with Gasteiger partial charge in [-0.15, -0.1) is 0 Å². The molecule has 2 aromatic rings. The summed E-state index contributed by atoms with van der Waals surface area (Å²) in [5.41, 5.74) is 1.05. The Morgan fingerprint density at radius 1 is 1.28 bits per heavy atom. The number of rotatable bonds is 5. The van der Waals surface area contributed by atoms with Crippen LogP contribution in [0.25, 0.3) is 0 Å². The highest BCUT2D eigenvalue weighted by molar-refractivity contribution is 7.89. The normalized spacial score (nSPS) is 16.8. The molecule has 1 aliphatic rings. The van der Waals surface area contributed by atoms with Crippen LogP contribution in [0.4, 0.5) is 0 Å². The van der Waals surface area contributed by atoms with Crippen LogP contribution in [0.5, 0.6) is 11.9 Å². The van der Waals surface area contributed by atoms with E-state index in [0.717, 1.165) is 0 Å². The molecular weight excluding hydrogens is 346 g/mol. The molecule has 1 saturated heterocycles. The Bertz CT molecular complexity index is 824. The van der Waals surface area contributed by atoms with Gasteiger partial charge in [-0.2, -0.15) is 14.4 Å². The number of nitrogens with zero attached hydrogens (tertiary/aromatic N) is 4. The second-order valence-electron chi connectivity index (χ2n) is 5.87. The molecule has 0 amide bonds. The summed E-state index contributed by atoms with van der Waals surface area (Å²) >= 11 is 0. The zero-order valence-corrected chi connectivity index (χ0v) is 15.2. The van der Waals surface area contributed by atoms with Crippen LogP contribution in [0.1, 0.15) is 24.2 Å². The van der Waals surface area contributed by atoms with E-state index in [9.17, 15) is 8.42 Å². The Morgan fingerprint density at radius 2 is 2.00 bits per heavy atom. The van der Waals surface area contributed by atoms with Crippen LogP contribution in [0.15, 0.2) is 17.2 Å². The van der Waals surface area contributed by atoms with E-state index < -0.39 is 10.0 Å². The summed E-state index contributed by atoms with van der Waals surface area (Å²) in [6, 6.07) is 1.90. The summed E-state index contributed by atoms with van der Waals surface area (Å²) in [4.78, 5) is 8.32. The molecule has 10 heteroatoms. The average Bonchev–Trinajstić information content (AvgIpc) is 2.95. The Morgan fingerprint density at radius 3 is 2.60 bits per heavy atom. The minimum absolute atomic E-state index is 0.0994. The number of methoxy groups -OCH3 is 1. The second kappa shape index (κ2) is 6.96. The highest BCUT2D eigenvalue weighted by Crippen LogP contribution is 2.26. The Balaban J connectivity index is 1.65. The van der Waals surface area contributed by atoms with E-state index >= 15 is 0 Å². The summed E-state index contributed by atoms with van der Waals surface area (Å²) in [6.45, 7) is 4.18. The molecule has 0 aromatic carbocycles. The van der Waals surface area contributed by atoms with Gasteiger partial charge in [0.15, 0.2) is 0 Å². The molecule has 2 aromatic heterocycles. The van der Waals surface area contributed by atoms with Crippen LogP contribution < -0.4 is 9.47 Å². The molecule has 1 aliphatic heterocycles. The van der Waals surface area contributed by atoms with E-state index in [2.05, 4.69) is 20.2 Å². The van der Waals surface area contributed by atoms with Gasteiger partial charge in [-0.3, -0.25) is 5.10 Å². The van der Waals surface area contributed by atoms with Crippen LogP contribution >= 0.6 is 0 Å². The molecule has 0 bridgehead atoms. The lowest BCUT2D eigenvalue weighted by Gasteiger charge is -2.31. The molecule has 136 valence electrons. The number of sulfonamides is 1. The van der Waals surface area contributed by atoms with E-state index in [1.807, 2.05) is 0 Å². The largest absolute Gasteiger partial charge is 0.474 e. The standard InChI is InChI=1S/C15H21N5O4S/c1-10-14(11(2)19-18-10)25(21,22)20-8-5-12(6-9-20)24-13-4-7-16-15(17-13)23-3/h4,7,12H,5-6,8-9H2,1-3H3,(H,18,19). The summed E-state index contributed by atoms with van der Waals surface area (Å²) in [5, 5.41) is 6.71. The maximum atomic E-state index is 12.8. The summed E-state index contributed by atoms with van der Waals surface area (Å²) in [7, 11) is -2.06. The number of aromatic nitrogens is 4. The third kappa shape index (κ3) is 3.59. The third-order valence-corrected chi connectivity index (χ3v) is 6.30. The van der Waals surface area contributed by atoms with Crippen molar-refractivity contribution < 1.29 is 17.9 Å². The van der Waals surface area contributed by atoms with Crippen molar-refractivity contribution in [1.29, 1.82) is 0 Å². The van der Waals surface area contributed by atoms with E-state index in [4.69, 9.17) is 9.47 Å². The van der Waals surface area contributed by atoms with Gasteiger partial charge in [0.25, 0.3) is 0 Å². The first kappa shape index (κ1) is 17.6. The highest BCUT2D eigenvalue weighted by atomic mass is 32.2. The first-order chi connectivity index (χ1) is 11.9. The third-order valence-electron chi connectivity index (χ3n) is 4.14. The van der Waals surface area contributed by atoms with Gasteiger partial charge in [0.2, 0.25) is 15.9 Å². The first-order valence-corrected chi connectivity index (χ1v) is 9.41. The Hall–Kier alpha value is -2.20. The van der Waals surface area contributed by atoms with Gasteiger partial charge in [-0.05, 0) is 26.7 Å². The fourth-order valence-electron chi connectivity index (χ4n) is 2.90. The number of piperidine rings is 1. The first-order valence-electron chi connectivity index (χ1n) is 7.97. The van der Waals surface area contributed by atoms with Gasteiger partial charge in [0, 0.05) is 25.4 Å². The van der Waals surface area contributed by atoms with Gasteiger partial charge in [-0.1, -0.05) is 0 Å². The molecule has 0 radical (unpaired) electrons. The lowest BCUT2D eigenvalue weighted by atomic mass is 10.1. The lowest BCUT2D eigenvalue weighted by Crippen LogP contribution is -2.42. The monoisotopic (exact) mass is 367 g/mol. The quantitative estimate of drug-likeness (QED) is 0.841. The summed E-state index contributed by atoms with van der Waals surface area (Å²) < 4.78 is 37.9. The molecule has 9 nitrogen and oxygen atoms in total. The zero-order chi connectivity index (χ0) is 18.0. The summed E-state index contributed by atoms with van der Waals surface area (Å²) in [5.74, 6) is 0.426. The molecule has 3 heterocycles. The molecule has 0 aliphatic carbocycles. The Kier molecular flexibility index (Phi) is 4.91. The van der Waals surface area contributed by atoms with Crippen LogP contribution in [0.2, 0.25) is 0 Å². The molecule has 0 spiro atoms. The minimum Gasteiger partial charge on any atom is -0.474 e. The predicted molar refractivity (Wildman–Crippen MR) is 89.1 cm³/mol. The molecule has 0 unspecified atom stereocenters. The molecule has 0 saturated carbocycles. The Labute approximate surface area is 146 Å². The van der Waals surface area contributed by atoms with Crippen molar-refractivity contribution in [3.63, 3.8) is 0 Å². The molecule has 1 N–H and O–H groups in total. The zero-order valence-electron chi connectivity index (χ0n) is 14.4. The van der Waals surface area contributed by atoms with E-state index in [1.165, 1.54) is 11.4 Å². The van der Waals surface area contributed by atoms with Crippen LogP contribution in [0, 0.1) is 13.8 Å². The highest BCUT2D eigenvalue weighted by Gasteiger charge is 2.33. The fourth-order valence-corrected chi connectivity index (χ4v) is 4.70. The van der Waals surface area contributed by atoms with Gasteiger partial charge in [0.05, 0.1) is 18.5 Å². The van der Waals surface area contributed by atoms with E-state index in [1.54, 1.807) is 26.1 Å². The second-order valence-corrected chi connectivity index (χ2v) is 7.74. The molecule has 1 fully saturated rings. The van der Waals surface area contributed by atoms with Crippen molar-refractivity contribution in [3.8, 4) is 11.9 Å². The average molecular weight is 367 g/mol. The number of ether oxygens (including phenoxy) is 2. The molecule has 25 heavy (non-hydrogen) atoms. The van der Waals surface area contributed by atoms with E-state index in [0.29, 0.717) is 43.2 Å². The smallest absolute Gasteiger partial charge is 0.319 e. The molecule has 0 atom stereocenters. The van der Waals surface area contributed by atoms with Gasteiger partial charge >= 0.3 is 6.01 Å². The van der Waals surface area contributed by atoms with Crippen molar-refractivity contribution in [1.82, 2.24) is 24.5 Å². The number of hydrogen-bond donors (Lipinski definition) is 1. The topological polar surface area (TPSA) is 110 Å². The van der Waals surface area contributed by atoms with Crippen molar-refractivity contribution in [2.45, 2.75) is 37.7 Å². The number of nitrogens with one attached hydrogen (secondary N) is 1. The minimum atomic E-state index is -3.55. The van der Waals surface area contributed by atoms with Gasteiger partial charge in [0.1, 0.15) is 11.0 Å². The van der Waals surface area contributed by atoms with Crippen molar-refractivity contribution >= 4 is 10.0 Å². The fraction of sp³-hybridized carbons (Fsp3) is 0.533.